The number of carbonyl (C=O) groups is 1. The first-order valence-corrected chi connectivity index (χ1v) is 12.4. The number of ether oxygens (including phenoxy) is 1. The molecule has 0 unspecified atom stereocenters. The summed E-state index contributed by atoms with van der Waals surface area (Å²) < 4.78 is 24.7. The van der Waals surface area contributed by atoms with Gasteiger partial charge in [0, 0.05) is 24.7 Å². The summed E-state index contributed by atoms with van der Waals surface area (Å²) in [5.74, 6) is -0.108. The number of hydrogen-bond donors (Lipinski definition) is 1. The summed E-state index contributed by atoms with van der Waals surface area (Å²) in [6, 6.07) is 19.2. The van der Waals surface area contributed by atoms with E-state index in [1.807, 2.05) is 45.0 Å². The molecule has 1 aromatic heterocycles. The van der Waals surface area contributed by atoms with Gasteiger partial charge in [-0.2, -0.15) is 4.98 Å². The Kier molecular flexibility index (Phi) is 11.6. The van der Waals surface area contributed by atoms with Crippen LogP contribution in [0.15, 0.2) is 65.2 Å². The van der Waals surface area contributed by atoms with Crippen LogP contribution >= 0.6 is 0 Å². The molecule has 0 aliphatic carbocycles. The molecule has 0 bridgehead atoms. The van der Waals surface area contributed by atoms with Gasteiger partial charge < -0.3 is 14.4 Å². The molecule has 4 rings (SSSR count). The summed E-state index contributed by atoms with van der Waals surface area (Å²) in [6.07, 6.45) is 0.825. The maximum Gasteiger partial charge on any atom is 0.303 e. The summed E-state index contributed by atoms with van der Waals surface area (Å²) in [6.45, 7) is 10.1. The lowest BCUT2D eigenvalue weighted by Crippen LogP contribution is -1.95. The molecular formula is C30H35FN2O4. The largest absolute Gasteiger partial charge is 0.481 e. The van der Waals surface area contributed by atoms with Gasteiger partial charge in [-0.25, -0.2) is 4.39 Å². The smallest absolute Gasteiger partial charge is 0.303 e. The van der Waals surface area contributed by atoms with Crippen LogP contribution in [0.2, 0.25) is 0 Å². The van der Waals surface area contributed by atoms with E-state index in [0.29, 0.717) is 30.3 Å². The zero-order chi connectivity index (χ0) is 27.4. The average Bonchev–Trinajstić information content (AvgIpc) is 3.41. The van der Waals surface area contributed by atoms with Gasteiger partial charge in [-0.05, 0) is 71.5 Å². The van der Waals surface area contributed by atoms with Gasteiger partial charge in [-0.15, -0.1) is 0 Å². The zero-order valence-corrected chi connectivity index (χ0v) is 22.3. The standard InChI is InChI=1S/C25H23FN2O2.C3H6O2.C2H6/c1-4-17-13-18(10-12-23(17)26)24-27-25(30-28-24)19-9-11-22(20(14-19)15-29-3)21-8-6-5-7-16(21)2;1-2-3(4)5;1-2/h5-14H,4,15H2,1-3H3;2H2,1H3,(H,4,5);1-2H3. The maximum absolute atomic E-state index is 13.8. The minimum absolute atomic E-state index is 0.221. The second-order valence-corrected chi connectivity index (χ2v) is 7.95. The number of halogens is 1. The Hall–Kier alpha value is -3.84. The van der Waals surface area contributed by atoms with Gasteiger partial charge in [0.25, 0.3) is 5.89 Å². The van der Waals surface area contributed by atoms with Crippen molar-refractivity contribution in [2.75, 3.05) is 7.11 Å². The molecule has 0 radical (unpaired) electrons. The van der Waals surface area contributed by atoms with Crippen LogP contribution < -0.4 is 0 Å². The van der Waals surface area contributed by atoms with Crippen molar-refractivity contribution < 1.29 is 23.6 Å². The number of methoxy groups -OCH3 is 1. The molecule has 7 heteroatoms. The maximum atomic E-state index is 13.8. The monoisotopic (exact) mass is 506 g/mol. The average molecular weight is 507 g/mol. The van der Waals surface area contributed by atoms with E-state index >= 15 is 0 Å². The summed E-state index contributed by atoms with van der Waals surface area (Å²) in [4.78, 5) is 13.9. The topological polar surface area (TPSA) is 85.5 Å². The van der Waals surface area contributed by atoms with Crippen LogP contribution in [0.4, 0.5) is 4.39 Å². The Labute approximate surface area is 218 Å². The molecule has 6 nitrogen and oxygen atoms in total. The Morgan fingerprint density at radius 3 is 2.24 bits per heavy atom. The predicted molar refractivity (Wildman–Crippen MR) is 145 cm³/mol. The minimum Gasteiger partial charge on any atom is -0.481 e. The first kappa shape index (κ1) is 29.4. The number of carboxylic acids is 1. The number of rotatable bonds is 7. The summed E-state index contributed by atoms with van der Waals surface area (Å²) in [5.41, 5.74) is 6.70. The molecule has 37 heavy (non-hydrogen) atoms. The highest BCUT2D eigenvalue weighted by atomic mass is 19.1. The fourth-order valence-corrected chi connectivity index (χ4v) is 3.58. The van der Waals surface area contributed by atoms with Crippen LogP contribution in [-0.2, 0) is 22.6 Å². The molecule has 0 saturated heterocycles. The van der Waals surface area contributed by atoms with E-state index in [-0.39, 0.29) is 12.2 Å². The number of carboxylic acid groups (broad SMARTS) is 1. The van der Waals surface area contributed by atoms with Crippen LogP contribution in [-0.4, -0.2) is 28.3 Å². The zero-order valence-electron chi connectivity index (χ0n) is 22.3. The molecule has 0 atom stereocenters. The van der Waals surface area contributed by atoms with E-state index in [1.54, 1.807) is 26.2 Å². The Morgan fingerprint density at radius 1 is 0.973 bits per heavy atom. The van der Waals surface area contributed by atoms with E-state index in [0.717, 1.165) is 22.3 Å². The lowest BCUT2D eigenvalue weighted by atomic mass is 9.94. The van der Waals surface area contributed by atoms with Gasteiger partial charge in [0.05, 0.1) is 6.61 Å². The van der Waals surface area contributed by atoms with Gasteiger partial charge >= 0.3 is 5.97 Å². The molecule has 0 spiro atoms. The van der Waals surface area contributed by atoms with Crippen molar-refractivity contribution in [1.82, 2.24) is 10.1 Å². The molecule has 4 aromatic rings. The van der Waals surface area contributed by atoms with Crippen LogP contribution in [0.25, 0.3) is 34.0 Å². The van der Waals surface area contributed by atoms with Gasteiger partial charge in [0.15, 0.2) is 0 Å². The van der Waals surface area contributed by atoms with Crippen molar-refractivity contribution in [2.45, 2.75) is 54.1 Å². The molecule has 0 aliphatic rings. The Balaban J connectivity index is 0.000000617. The third kappa shape index (κ3) is 7.82. The van der Waals surface area contributed by atoms with Crippen LogP contribution in [0.3, 0.4) is 0 Å². The van der Waals surface area contributed by atoms with Crippen molar-refractivity contribution in [1.29, 1.82) is 0 Å². The van der Waals surface area contributed by atoms with E-state index in [1.165, 1.54) is 17.2 Å². The third-order valence-electron chi connectivity index (χ3n) is 5.50. The normalized spacial score (nSPS) is 10.1. The highest BCUT2D eigenvalue weighted by Gasteiger charge is 2.15. The first-order chi connectivity index (χ1) is 17.9. The van der Waals surface area contributed by atoms with Crippen LogP contribution in [0, 0.1) is 12.7 Å². The van der Waals surface area contributed by atoms with Gasteiger partial charge in [0.1, 0.15) is 5.82 Å². The first-order valence-electron chi connectivity index (χ1n) is 12.4. The SMILES string of the molecule is CC.CCC(=O)O.CCc1cc(-c2noc(-c3ccc(-c4ccccc4C)c(COC)c3)n2)ccc1F. The number of hydrogen-bond acceptors (Lipinski definition) is 5. The summed E-state index contributed by atoms with van der Waals surface area (Å²) >= 11 is 0. The number of benzene rings is 3. The molecule has 0 aliphatic heterocycles. The highest BCUT2D eigenvalue weighted by Crippen LogP contribution is 2.32. The second-order valence-electron chi connectivity index (χ2n) is 7.95. The lowest BCUT2D eigenvalue weighted by molar-refractivity contribution is -0.136. The highest BCUT2D eigenvalue weighted by molar-refractivity contribution is 5.74. The van der Waals surface area contributed by atoms with Gasteiger partial charge in [-0.3, -0.25) is 4.79 Å². The molecule has 1 heterocycles. The van der Waals surface area contributed by atoms with Crippen molar-refractivity contribution >= 4 is 5.97 Å². The predicted octanol–water partition coefficient (Wildman–Crippen LogP) is 7.73. The van der Waals surface area contributed by atoms with Gasteiger partial charge in [0.2, 0.25) is 5.82 Å². The molecule has 1 N–H and O–H groups in total. The number of aliphatic carboxylic acids is 1. The van der Waals surface area contributed by atoms with Crippen molar-refractivity contribution in [2.24, 2.45) is 0 Å². The number of aryl methyl sites for hydroxylation is 2. The summed E-state index contributed by atoms with van der Waals surface area (Å²) in [5, 5.41) is 11.8. The van der Waals surface area contributed by atoms with Crippen molar-refractivity contribution in [3.8, 4) is 34.0 Å². The second kappa shape index (κ2) is 14.7. The molecule has 3 aromatic carbocycles. The van der Waals surface area contributed by atoms with Crippen molar-refractivity contribution in [3.63, 3.8) is 0 Å². The van der Waals surface area contributed by atoms with Crippen LogP contribution in [0.1, 0.15) is 50.8 Å². The fourth-order valence-electron chi connectivity index (χ4n) is 3.58. The molecule has 0 fully saturated rings. The molecule has 0 saturated carbocycles. The van der Waals surface area contributed by atoms with E-state index in [4.69, 9.17) is 14.4 Å². The summed E-state index contributed by atoms with van der Waals surface area (Å²) in [7, 11) is 1.68. The minimum atomic E-state index is -0.745. The number of nitrogens with zero attached hydrogens (tertiary/aromatic N) is 2. The quantitative estimate of drug-likeness (QED) is 0.276. The van der Waals surface area contributed by atoms with Crippen molar-refractivity contribution in [3.05, 3.63) is 83.2 Å². The molecule has 0 amide bonds. The molecular weight excluding hydrogens is 471 g/mol. The Bertz CT molecular complexity index is 1300. The Morgan fingerprint density at radius 2 is 1.62 bits per heavy atom. The van der Waals surface area contributed by atoms with Gasteiger partial charge in [-0.1, -0.05) is 63.2 Å². The van der Waals surface area contributed by atoms with Crippen LogP contribution in [0.5, 0.6) is 0 Å². The molecule has 196 valence electrons. The fraction of sp³-hybridized carbons (Fsp3) is 0.300. The lowest BCUT2D eigenvalue weighted by Gasteiger charge is -2.12. The number of aromatic nitrogens is 2. The van der Waals surface area contributed by atoms with E-state index in [9.17, 15) is 9.18 Å². The van der Waals surface area contributed by atoms with E-state index in [2.05, 4.69) is 35.3 Å². The third-order valence-corrected chi connectivity index (χ3v) is 5.50. The van der Waals surface area contributed by atoms with E-state index < -0.39 is 5.97 Å².